The number of carbonyl (C=O) groups is 2. The number of anilines is 1. The summed E-state index contributed by atoms with van der Waals surface area (Å²) in [5.41, 5.74) is 3.67. The Morgan fingerprint density at radius 1 is 1.07 bits per heavy atom. The lowest BCUT2D eigenvalue weighted by atomic mass is 10.1. The van der Waals surface area contributed by atoms with Gasteiger partial charge in [0.05, 0.1) is 18.8 Å². The van der Waals surface area contributed by atoms with Gasteiger partial charge in [0.1, 0.15) is 0 Å². The minimum absolute atomic E-state index is 0.0477. The van der Waals surface area contributed by atoms with Crippen LogP contribution < -0.4 is 10.6 Å². The summed E-state index contributed by atoms with van der Waals surface area (Å²) < 4.78 is 1.93. The van der Waals surface area contributed by atoms with Gasteiger partial charge in [0.2, 0.25) is 11.8 Å². The summed E-state index contributed by atoms with van der Waals surface area (Å²) in [5.74, 6) is -0.165. The number of imidazole rings is 1. The molecule has 0 bridgehead atoms. The van der Waals surface area contributed by atoms with E-state index in [1.54, 1.807) is 24.7 Å². The van der Waals surface area contributed by atoms with Crippen LogP contribution in [-0.4, -0.2) is 21.4 Å². The van der Waals surface area contributed by atoms with Crippen molar-refractivity contribution in [3.63, 3.8) is 0 Å². The molecule has 6 heteroatoms. The molecular formula is C21H22N4O2. The molecule has 2 amide bonds. The molecule has 3 rings (SSSR count). The highest BCUT2D eigenvalue weighted by molar-refractivity contribution is 5.88. The Balaban J connectivity index is 1.56. The van der Waals surface area contributed by atoms with Crippen LogP contribution in [0.2, 0.25) is 0 Å². The van der Waals surface area contributed by atoms with Crippen molar-refractivity contribution in [1.29, 1.82) is 0 Å². The fraction of sp³-hybridized carbons (Fsp3) is 0.190. The van der Waals surface area contributed by atoms with Gasteiger partial charge in [-0.05, 0) is 42.3 Å². The number of nitrogens with one attached hydrogen (secondary N) is 2. The van der Waals surface area contributed by atoms with Gasteiger partial charge in [-0.1, -0.05) is 24.3 Å². The summed E-state index contributed by atoms with van der Waals surface area (Å²) in [5, 5.41) is 5.73. The highest BCUT2D eigenvalue weighted by Crippen LogP contribution is 2.16. The zero-order valence-electron chi connectivity index (χ0n) is 15.3. The lowest BCUT2D eigenvalue weighted by Crippen LogP contribution is -2.28. The van der Waals surface area contributed by atoms with Gasteiger partial charge in [0.15, 0.2) is 0 Å². The third-order valence-electron chi connectivity index (χ3n) is 4.21. The highest BCUT2D eigenvalue weighted by atomic mass is 16.2. The molecule has 0 aliphatic carbocycles. The van der Waals surface area contributed by atoms with Gasteiger partial charge in [-0.3, -0.25) is 9.59 Å². The molecule has 2 N–H and O–H groups in total. The number of carbonyl (C=O) groups excluding carboxylic acids is 2. The zero-order valence-corrected chi connectivity index (χ0v) is 15.3. The molecule has 0 saturated carbocycles. The fourth-order valence-corrected chi connectivity index (χ4v) is 2.82. The van der Waals surface area contributed by atoms with Crippen molar-refractivity contribution in [2.75, 3.05) is 5.32 Å². The third-order valence-corrected chi connectivity index (χ3v) is 4.21. The van der Waals surface area contributed by atoms with Gasteiger partial charge >= 0.3 is 0 Å². The molecule has 2 aromatic carbocycles. The Hall–Kier alpha value is -3.41. The van der Waals surface area contributed by atoms with Crippen LogP contribution in [0.15, 0.2) is 67.3 Å². The van der Waals surface area contributed by atoms with Gasteiger partial charge in [-0.25, -0.2) is 4.98 Å². The Labute approximate surface area is 158 Å². The van der Waals surface area contributed by atoms with E-state index in [2.05, 4.69) is 15.6 Å². The predicted octanol–water partition coefficient (Wildman–Crippen LogP) is 3.25. The second-order valence-corrected chi connectivity index (χ2v) is 6.41. The van der Waals surface area contributed by atoms with Crippen molar-refractivity contribution in [3.05, 3.63) is 78.4 Å². The number of hydrogen-bond acceptors (Lipinski definition) is 3. The third kappa shape index (κ3) is 5.04. The van der Waals surface area contributed by atoms with E-state index < -0.39 is 0 Å². The van der Waals surface area contributed by atoms with Crippen LogP contribution in [0, 0.1) is 0 Å². The maximum absolute atomic E-state index is 12.3. The van der Waals surface area contributed by atoms with E-state index in [0.29, 0.717) is 0 Å². The molecule has 1 atom stereocenters. The average Bonchev–Trinajstić information content (AvgIpc) is 3.18. The molecule has 0 fully saturated rings. The molecule has 0 unspecified atom stereocenters. The summed E-state index contributed by atoms with van der Waals surface area (Å²) >= 11 is 0. The van der Waals surface area contributed by atoms with Gasteiger partial charge in [0.25, 0.3) is 0 Å². The van der Waals surface area contributed by atoms with Crippen molar-refractivity contribution in [2.24, 2.45) is 0 Å². The van der Waals surface area contributed by atoms with E-state index in [0.717, 1.165) is 22.5 Å². The summed E-state index contributed by atoms with van der Waals surface area (Å²) in [6, 6.07) is 15.2. The zero-order chi connectivity index (χ0) is 19.2. The first-order valence-corrected chi connectivity index (χ1v) is 8.75. The first-order valence-electron chi connectivity index (χ1n) is 8.75. The van der Waals surface area contributed by atoms with Gasteiger partial charge < -0.3 is 15.2 Å². The standard InChI is InChI=1S/C21H22N4O2/c1-15(18-5-9-20(10-6-18)25-12-11-22-14-25)23-21(27)13-17-3-7-19(8-4-17)24-16(2)26/h3-12,14-15H,13H2,1-2H3,(H,23,27)(H,24,26)/t15-/m1/s1. The van der Waals surface area contributed by atoms with Crippen molar-refractivity contribution < 1.29 is 9.59 Å². The Morgan fingerprint density at radius 3 is 2.37 bits per heavy atom. The SMILES string of the molecule is CC(=O)Nc1ccc(CC(=O)N[C@H](C)c2ccc(-n3ccnc3)cc2)cc1. The summed E-state index contributed by atoms with van der Waals surface area (Å²) in [6.45, 7) is 3.43. The van der Waals surface area contributed by atoms with Crippen LogP contribution in [0.3, 0.4) is 0 Å². The monoisotopic (exact) mass is 362 g/mol. The van der Waals surface area contributed by atoms with Crippen LogP contribution in [0.5, 0.6) is 0 Å². The molecule has 0 aliphatic rings. The van der Waals surface area contributed by atoms with Crippen LogP contribution in [0.1, 0.15) is 31.0 Å². The molecule has 1 aromatic heterocycles. The Bertz CT molecular complexity index is 900. The number of benzene rings is 2. The molecule has 0 radical (unpaired) electrons. The predicted molar refractivity (Wildman–Crippen MR) is 105 cm³/mol. The first kappa shape index (κ1) is 18.4. The molecule has 138 valence electrons. The molecule has 1 heterocycles. The summed E-state index contributed by atoms with van der Waals surface area (Å²) in [7, 11) is 0. The van der Waals surface area contributed by atoms with Crippen molar-refractivity contribution in [1.82, 2.24) is 14.9 Å². The van der Waals surface area contributed by atoms with Crippen LogP contribution in [-0.2, 0) is 16.0 Å². The van der Waals surface area contributed by atoms with Crippen LogP contribution in [0.4, 0.5) is 5.69 Å². The second-order valence-electron chi connectivity index (χ2n) is 6.41. The lowest BCUT2D eigenvalue weighted by molar-refractivity contribution is -0.121. The Morgan fingerprint density at radius 2 is 1.78 bits per heavy atom. The minimum atomic E-state index is -0.117. The topological polar surface area (TPSA) is 76.0 Å². The van der Waals surface area contributed by atoms with Gasteiger partial charge in [-0.2, -0.15) is 0 Å². The maximum Gasteiger partial charge on any atom is 0.224 e. The number of hydrogen-bond donors (Lipinski definition) is 2. The minimum Gasteiger partial charge on any atom is -0.349 e. The number of nitrogens with zero attached hydrogens (tertiary/aromatic N) is 2. The molecule has 0 aliphatic heterocycles. The summed E-state index contributed by atoms with van der Waals surface area (Å²) in [4.78, 5) is 27.4. The van der Waals surface area contributed by atoms with E-state index in [-0.39, 0.29) is 24.3 Å². The quantitative estimate of drug-likeness (QED) is 0.707. The molecule has 6 nitrogen and oxygen atoms in total. The van der Waals surface area contributed by atoms with E-state index >= 15 is 0 Å². The molecule has 3 aromatic rings. The van der Waals surface area contributed by atoms with E-state index in [4.69, 9.17) is 0 Å². The summed E-state index contributed by atoms with van der Waals surface area (Å²) in [6.07, 6.45) is 5.66. The largest absolute Gasteiger partial charge is 0.349 e. The molecule has 0 saturated heterocycles. The number of rotatable bonds is 6. The van der Waals surface area contributed by atoms with Crippen molar-refractivity contribution in [2.45, 2.75) is 26.3 Å². The smallest absolute Gasteiger partial charge is 0.224 e. The van der Waals surface area contributed by atoms with Gasteiger partial charge in [0, 0.05) is 30.7 Å². The highest BCUT2D eigenvalue weighted by Gasteiger charge is 2.10. The van der Waals surface area contributed by atoms with E-state index in [1.807, 2.05) is 54.1 Å². The molecular weight excluding hydrogens is 340 g/mol. The average molecular weight is 362 g/mol. The normalized spacial score (nSPS) is 11.6. The second kappa shape index (κ2) is 8.31. The van der Waals surface area contributed by atoms with Crippen LogP contribution in [0.25, 0.3) is 5.69 Å². The first-order chi connectivity index (χ1) is 13.0. The Kier molecular flexibility index (Phi) is 5.66. The van der Waals surface area contributed by atoms with E-state index in [9.17, 15) is 9.59 Å². The van der Waals surface area contributed by atoms with Crippen molar-refractivity contribution in [3.8, 4) is 5.69 Å². The maximum atomic E-state index is 12.3. The molecule has 27 heavy (non-hydrogen) atoms. The van der Waals surface area contributed by atoms with Gasteiger partial charge in [-0.15, -0.1) is 0 Å². The number of aromatic nitrogens is 2. The van der Waals surface area contributed by atoms with Crippen LogP contribution >= 0.6 is 0 Å². The molecule has 0 spiro atoms. The number of amides is 2. The van der Waals surface area contributed by atoms with E-state index in [1.165, 1.54) is 6.92 Å². The van der Waals surface area contributed by atoms with Crippen molar-refractivity contribution >= 4 is 17.5 Å². The fourth-order valence-electron chi connectivity index (χ4n) is 2.82. The lowest BCUT2D eigenvalue weighted by Gasteiger charge is -2.15.